The van der Waals surface area contributed by atoms with Crippen LogP contribution in [0.25, 0.3) is 11.1 Å². The van der Waals surface area contributed by atoms with Gasteiger partial charge in [0.1, 0.15) is 6.54 Å². The summed E-state index contributed by atoms with van der Waals surface area (Å²) in [6.07, 6.45) is 0.0321. The number of hydrogen-bond acceptors (Lipinski definition) is 3. The molecule has 0 bridgehead atoms. The molecule has 2 aromatic rings. The molecule has 0 aliphatic carbocycles. The number of anilines is 1. The van der Waals surface area contributed by atoms with Crippen LogP contribution in [-0.4, -0.2) is 41.8 Å². The maximum atomic E-state index is 12.8. The number of carbonyl (C=O) groups excluding carboxylic acids is 3. The van der Waals surface area contributed by atoms with Gasteiger partial charge in [0.2, 0.25) is 17.7 Å². The van der Waals surface area contributed by atoms with Gasteiger partial charge in [0.15, 0.2) is 0 Å². The van der Waals surface area contributed by atoms with Crippen LogP contribution in [0.4, 0.5) is 5.69 Å². The molecule has 1 unspecified atom stereocenters. The molecule has 0 saturated carbocycles. The Hall–Kier alpha value is -3.15. The zero-order valence-electron chi connectivity index (χ0n) is 15.3. The van der Waals surface area contributed by atoms with Crippen molar-refractivity contribution in [2.75, 3.05) is 18.0 Å². The molecule has 6 nitrogen and oxygen atoms in total. The first-order valence-corrected chi connectivity index (χ1v) is 9.00. The molecule has 3 rings (SSSR count). The fraction of sp³-hybridized carbons (Fsp3) is 0.286. The lowest BCUT2D eigenvalue weighted by molar-refractivity contribution is -0.140. The molecule has 1 aliphatic rings. The smallest absolute Gasteiger partial charge is 0.246 e. The minimum Gasteiger partial charge on any atom is -0.370 e. The third-order valence-corrected chi connectivity index (χ3v) is 4.77. The second-order valence-corrected chi connectivity index (χ2v) is 6.72. The average Bonchev–Trinajstić information content (AvgIpc) is 2.68. The summed E-state index contributed by atoms with van der Waals surface area (Å²) in [5, 5.41) is 0. The van der Waals surface area contributed by atoms with Crippen molar-refractivity contribution in [2.45, 2.75) is 25.8 Å². The van der Waals surface area contributed by atoms with Gasteiger partial charge in [-0.3, -0.25) is 14.4 Å². The van der Waals surface area contributed by atoms with Gasteiger partial charge in [0, 0.05) is 31.0 Å². The van der Waals surface area contributed by atoms with Crippen molar-refractivity contribution in [1.82, 2.24) is 4.90 Å². The van der Waals surface area contributed by atoms with Gasteiger partial charge >= 0.3 is 0 Å². The number of amides is 3. The normalized spacial score (nSPS) is 17.1. The van der Waals surface area contributed by atoms with Crippen molar-refractivity contribution in [3.05, 3.63) is 54.6 Å². The van der Waals surface area contributed by atoms with E-state index in [4.69, 9.17) is 5.73 Å². The molecule has 140 valence electrons. The molecule has 2 aromatic carbocycles. The predicted octanol–water partition coefficient (Wildman–Crippen LogP) is 2.18. The van der Waals surface area contributed by atoms with E-state index in [1.165, 1.54) is 4.90 Å². The van der Waals surface area contributed by atoms with Crippen LogP contribution in [0.3, 0.4) is 0 Å². The molecule has 6 heteroatoms. The van der Waals surface area contributed by atoms with Gasteiger partial charge in [-0.1, -0.05) is 48.5 Å². The number of para-hydroxylation sites is 1. The quantitative estimate of drug-likeness (QED) is 0.881. The summed E-state index contributed by atoms with van der Waals surface area (Å²) in [4.78, 5) is 39.3. The number of hydrogen-bond donors (Lipinski definition) is 1. The summed E-state index contributed by atoms with van der Waals surface area (Å²) < 4.78 is 0. The molecule has 1 atom stereocenters. The molecule has 0 spiro atoms. The molecule has 0 aromatic heterocycles. The van der Waals surface area contributed by atoms with Crippen molar-refractivity contribution < 1.29 is 14.4 Å². The second kappa shape index (κ2) is 8.03. The topological polar surface area (TPSA) is 83.7 Å². The first kappa shape index (κ1) is 18.6. The molecule has 1 saturated heterocycles. The van der Waals surface area contributed by atoms with E-state index in [0.717, 1.165) is 16.8 Å². The van der Waals surface area contributed by atoms with Crippen LogP contribution >= 0.6 is 0 Å². The fourth-order valence-electron chi connectivity index (χ4n) is 3.36. The van der Waals surface area contributed by atoms with Crippen LogP contribution in [0.2, 0.25) is 0 Å². The van der Waals surface area contributed by atoms with Crippen molar-refractivity contribution in [3.8, 4) is 11.1 Å². The molecule has 1 fully saturated rings. The summed E-state index contributed by atoms with van der Waals surface area (Å²) in [5.74, 6) is -0.868. The van der Waals surface area contributed by atoms with Gasteiger partial charge in [0.25, 0.3) is 0 Å². The molecular formula is C21H23N3O3. The van der Waals surface area contributed by atoms with Crippen LogP contribution in [0.15, 0.2) is 54.6 Å². The lowest BCUT2D eigenvalue weighted by atomic mass is 10.0. The Bertz CT molecular complexity index is 851. The number of piperazine rings is 1. The van der Waals surface area contributed by atoms with E-state index < -0.39 is 5.91 Å². The largest absolute Gasteiger partial charge is 0.370 e. The van der Waals surface area contributed by atoms with Gasteiger partial charge in [0.05, 0.1) is 5.69 Å². The number of nitrogens with zero attached hydrogens (tertiary/aromatic N) is 2. The number of carbonyl (C=O) groups is 3. The average molecular weight is 365 g/mol. The third-order valence-electron chi connectivity index (χ3n) is 4.77. The van der Waals surface area contributed by atoms with E-state index in [9.17, 15) is 14.4 Å². The first-order chi connectivity index (χ1) is 13.0. The van der Waals surface area contributed by atoms with Crippen LogP contribution in [0.5, 0.6) is 0 Å². The van der Waals surface area contributed by atoms with E-state index >= 15 is 0 Å². The first-order valence-electron chi connectivity index (χ1n) is 9.00. The number of primary amides is 1. The standard InChI is InChI=1S/C21H23N3O3/c1-15-13-24(21(27)14-23(15)20(26)12-11-19(22)25)18-10-6-5-9-17(18)16-7-3-2-4-8-16/h2-10,15H,11-14H2,1H3,(H2,22,25). The maximum Gasteiger partial charge on any atom is 0.246 e. The molecule has 1 aliphatic heterocycles. The highest BCUT2D eigenvalue weighted by molar-refractivity contribution is 6.01. The van der Waals surface area contributed by atoms with Gasteiger partial charge < -0.3 is 15.5 Å². The Morgan fingerprint density at radius 2 is 1.70 bits per heavy atom. The molecule has 2 N–H and O–H groups in total. The summed E-state index contributed by atoms with van der Waals surface area (Å²) in [5.41, 5.74) is 7.97. The summed E-state index contributed by atoms with van der Waals surface area (Å²) in [6.45, 7) is 2.32. The number of rotatable bonds is 5. The second-order valence-electron chi connectivity index (χ2n) is 6.72. The minimum atomic E-state index is -0.516. The van der Waals surface area contributed by atoms with E-state index in [1.807, 2.05) is 61.5 Å². The molecule has 27 heavy (non-hydrogen) atoms. The highest BCUT2D eigenvalue weighted by Crippen LogP contribution is 2.32. The monoisotopic (exact) mass is 365 g/mol. The van der Waals surface area contributed by atoms with Crippen LogP contribution in [0, 0.1) is 0 Å². The Kier molecular flexibility index (Phi) is 5.54. The highest BCUT2D eigenvalue weighted by atomic mass is 16.2. The van der Waals surface area contributed by atoms with Crippen molar-refractivity contribution in [1.29, 1.82) is 0 Å². The SMILES string of the molecule is CC1CN(c2ccccc2-c2ccccc2)C(=O)CN1C(=O)CCC(N)=O. The van der Waals surface area contributed by atoms with Gasteiger partial charge in [-0.05, 0) is 18.6 Å². The predicted molar refractivity (Wildman–Crippen MR) is 104 cm³/mol. The maximum absolute atomic E-state index is 12.8. The highest BCUT2D eigenvalue weighted by Gasteiger charge is 2.33. The third kappa shape index (κ3) is 4.16. The van der Waals surface area contributed by atoms with Gasteiger partial charge in [-0.25, -0.2) is 0 Å². The molecule has 1 heterocycles. The van der Waals surface area contributed by atoms with Crippen molar-refractivity contribution in [2.24, 2.45) is 5.73 Å². The van der Waals surface area contributed by atoms with Crippen LogP contribution in [-0.2, 0) is 14.4 Å². The van der Waals surface area contributed by atoms with Crippen molar-refractivity contribution >= 4 is 23.4 Å². The lowest BCUT2D eigenvalue weighted by Gasteiger charge is -2.40. The fourth-order valence-corrected chi connectivity index (χ4v) is 3.36. The molecule has 3 amide bonds. The minimum absolute atomic E-state index is 0.00187. The Morgan fingerprint density at radius 1 is 1.04 bits per heavy atom. The Morgan fingerprint density at radius 3 is 2.41 bits per heavy atom. The van der Waals surface area contributed by atoms with E-state index in [1.54, 1.807) is 4.90 Å². The van der Waals surface area contributed by atoms with Crippen molar-refractivity contribution in [3.63, 3.8) is 0 Å². The zero-order valence-corrected chi connectivity index (χ0v) is 15.3. The van der Waals surface area contributed by atoms with E-state index in [-0.39, 0.29) is 37.2 Å². The lowest BCUT2D eigenvalue weighted by Crippen LogP contribution is -2.57. The van der Waals surface area contributed by atoms with E-state index in [2.05, 4.69) is 0 Å². The van der Waals surface area contributed by atoms with E-state index in [0.29, 0.717) is 6.54 Å². The van der Waals surface area contributed by atoms with Crippen LogP contribution in [0.1, 0.15) is 19.8 Å². The van der Waals surface area contributed by atoms with Gasteiger partial charge in [-0.15, -0.1) is 0 Å². The number of benzene rings is 2. The zero-order chi connectivity index (χ0) is 19.4. The molecular weight excluding hydrogens is 342 g/mol. The van der Waals surface area contributed by atoms with Crippen LogP contribution < -0.4 is 10.6 Å². The number of nitrogens with two attached hydrogens (primary N) is 1. The molecule has 0 radical (unpaired) electrons. The summed E-state index contributed by atoms with van der Waals surface area (Å²) in [7, 11) is 0. The summed E-state index contributed by atoms with van der Waals surface area (Å²) >= 11 is 0. The Balaban J connectivity index is 1.82. The Labute approximate surface area is 158 Å². The van der Waals surface area contributed by atoms with Gasteiger partial charge in [-0.2, -0.15) is 0 Å². The summed E-state index contributed by atoms with van der Waals surface area (Å²) in [6, 6.07) is 17.5.